The molecule has 9 heteroatoms. The lowest BCUT2D eigenvalue weighted by molar-refractivity contribution is 0.129. The fraction of sp³-hybridized carbons (Fsp3) is 0.312. The average molecular weight is 384 g/mol. The summed E-state index contributed by atoms with van der Waals surface area (Å²) in [5.74, 6) is 0.639. The number of hydrogen-bond acceptors (Lipinski definition) is 5. The van der Waals surface area contributed by atoms with Crippen LogP contribution in [0.25, 0.3) is 10.9 Å². The molecule has 25 heavy (non-hydrogen) atoms. The second-order valence-electron chi connectivity index (χ2n) is 6.34. The Morgan fingerprint density at radius 2 is 2.12 bits per heavy atom. The normalized spacial score (nSPS) is 12.6. The molecule has 2 heterocycles. The summed E-state index contributed by atoms with van der Waals surface area (Å²) in [6, 6.07) is 6.51. The molecule has 0 unspecified atom stereocenters. The third-order valence-corrected chi connectivity index (χ3v) is 5.45. The highest BCUT2D eigenvalue weighted by molar-refractivity contribution is 7.93. The monoisotopic (exact) mass is 383 g/mol. The zero-order valence-electron chi connectivity index (χ0n) is 14.0. The van der Waals surface area contributed by atoms with Crippen LogP contribution in [0.3, 0.4) is 0 Å². The number of aromatic amines is 1. The summed E-state index contributed by atoms with van der Waals surface area (Å²) in [5, 5.41) is 4.86. The summed E-state index contributed by atoms with van der Waals surface area (Å²) in [5.41, 5.74) is 0.207. The largest absolute Gasteiger partial charge is 0.384 e. The van der Waals surface area contributed by atoms with Gasteiger partial charge in [-0.1, -0.05) is 30.6 Å². The number of sulfonamides is 1. The van der Waals surface area contributed by atoms with Crippen molar-refractivity contribution in [3.8, 4) is 0 Å². The molecule has 3 rings (SSSR count). The smallest absolute Gasteiger partial charge is 0.265 e. The predicted octanol–water partition coefficient (Wildman–Crippen LogP) is 3.53. The first-order chi connectivity index (χ1) is 11.7. The van der Waals surface area contributed by atoms with Gasteiger partial charge in [0.25, 0.3) is 10.0 Å². The Kier molecular flexibility index (Phi) is 4.52. The van der Waals surface area contributed by atoms with Gasteiger partial charge in [0.05, 0.1) is 6.61 Å². The number of ether oxygens (including phenoxy) is 1. The third kappa shape index (κ3) is 3.51. The molecule has 0 amide bonds. The number of aromatic nitrogens is 2. The predicted molar refractivity (Wildman–Crippen MR) is 95.5 cm³/mol. The molecular formula is C16H18ClN3O4S. The highest BCUT2D eigenvalue weighted by Crippen LogP contribution is 2.29. The van der Waals surface area contributed by atoms with Gasteiger partial charge in [-0.05, 0) is 18.2 Å². The van der Waals surface area contributed by atoms with Crippen LogP contribution in [-0.2, 0) is 20.2 Å². The SMILES string of the molecule is COCC(C)(C)c1cc(NS(=O)(=O)c2c[nH]c3cc(Cl)ccc23)no1. The molecule has 1 aromatic carbocycles. The fourth-order valence-corrected chi connectivity index (χ4v) is 3.90. The van der Waals surface area contributed by atoms with Gasteiger partial charge in [0.1, 0.15) is 10.7 Å². The molecule has 0 aliphatic heterocycles. The number of benzene rings is 1. The van der Waals surface area contributed by atoms with E-state index < -0.39 is 15.4 Å². The van der Waals surface area contributed by atoms with Crippen LogP contribution in [0.1, 0.15) is 19.6 Å². The fourth-order valence-electron chi connectivity index (χ4n) is 2.56. The zero-order chi connectivity index (χ0) is 18.2. The van der Waals surface area contributed by atoms with Crippen LogP contribution in [0.15, 0.2) is 39.9 Å². The number of nitrogens with zero attached hydrogens (tertiary/aromatic N) is 1. The van der Waals surface area contributed by atoms with Crippen LogP contribution in [0.5, 0.6) is 0 Å². The molecule has 0 aliphatic carbocycles. The van der Waals surface area contributed by atoms with E-state index in [-0.39, 0.29) is 10.7 Å². The molecular weight excluding hydrogens is 366 g/mol. The van der Waals surface area contributed by atoms with E-state index in [1.165, 1.54) is 6.20 Å². The van der Waals surface area contributed by atoms with Crippen LogP contribution < -0.4 is 4.72 Å². The van der Waals surface area contributed by atoms with Crippen LogP contribution in [0, 0.1) is 0 Å². The minimum absolute atomic E-state index is 0.111. The van der Waals surface area contributed by atoms with Crippen molar-refractivity contribution in [1.29, 1.82) is 0 Å². The molecule has 3 aromatic rings. The third-order valence-electron chi connectivity index (χ3n) is 3.82. The Labute approximate surface area is 150 Å². The Morgan fingerprint density at radius 3 is 2.84 bits per heavy atom. The summed E-state index contributed by atoms with van der Waals surface area (Å²) in [4.78, 5) is 3.01. The van der Waals surface area contributed by atoms with Crippen molar-refractivity contribution in [2.24, 2.45) is 0 Å². The van der Waals surface area contributed by atoms with Gasteiger partial charge in [0.15, 0.2) is 5.82 Å². The molecule has 0 fully saturated rings. The van der Waals surface area contributed by atoms with E-state index >= 15 is 0 Å². The van der Waals surface area contributed by atoms with Crippen LogP contribution in [-0.4, -0.2) is 32.3 Å². The lowest BCUT2D eigenvalue weighted by Gasteiger charge is -2.19. The van der Waals surface area contributed by atoms with Gasteiger partial charge in [-0.2, -0.15) is 0 Å². The maximum absolute atomic E-state index is 12.7. The minimum atomic E-state index is -3.83. The van der Waals surface area contributed by atoms with E-state index in [1.54, 1.807) is 31.4 Å². The molecule has 0 aliphatic rings. The second kappa shape index (κ2) is 6.36. The zero-order valence-corrected chi connectivity index (χ0v) is 15.5. The molecule has 0 radical (unpaired) electrons. The number of anilines is 1. The van der Waals surface area contributed by atoms with Crippen molar-refractivity contribution in [1.82, 2.24) is 10.1 Å². The van der Waals surface area contributed by atoms with Crippen molar-refractivity contribution in [2.75, 3.05) is 18.4 Å². The lowest BCUT2D eigenvalue weighted by Crippen LogP contribution is -2.22. The van der Waals surface area contributed by atoms with E-state index in [4.69, 9.17) is 20.9 Å². The van der Waals surface area contributed by atoms with E-state index in [0.717, 1.165) is 0 Å². The van der Waals surface area contributed by atoms with E-state index in [0.29, 0.717) is 28.3 Å². The number of fused-ring (bicyclic) bond motifs is 1. The lowest BCUT2D eigenvalue weighted by atomic mass is 9.91. The molecule has 2 aromatic heterocycles. The van der Waals surface area contributed by atoms with Gasteiger partial charge >= 0.3 is 0 Å². The van der Waals surface area contributed by atoms with Crippen molar-refractivity contribution in [2.45, 2.75) is 24.2 Å². The number of rotatable bonds is 6. The van der Waals surface area contributed by atoms with E-state index in [2.05, 4.69) is 14.9 Å². The second-order valence-corrected chi connectivity index (χ2v) is 8.43. The first-order valence-electron chi connectivity index (χ1n) is 7.48. The summed E-state index contributed by atoms with van der Waals surface area (Å²) in [6.45, 7) is 4.25. The number of nitrogens with one attached hydrogen (secondary N) is 2. The van der Waals surface area contributed by atoms with Gasteiger partial charge in [-0.3, -0.25) is 4.72 Å². The highest BCUT2D eigenvalue weighted by atomic mass is 35.5. The van der Waals surface area contributed by atoms with Crippen molar-refractivity contribution >= 4 is 38.3 Å². The number of H-pyrrole nitrogens is 1. The molecule has 2 N–H and O–H groups in total. The van der Waals surface area contributed by atoms with Gasteiger partial charge in [-0.25, -0.2) is 8.42 Å². The molecule has 0 saturated heterocycles. The quantitative estimate of drug-likeness (QED) is 0.678. The topological polar surface area (TPSA) is 97.2 Å². The summed E-state index contributed by atoms with van der Waals surface area (Å²) in [6.07, 6.45) is 1.42. The Bertz CT molecular complexity index is 1010. The maximum Gasteiger partial charge on any atom is 0.265 e. The molecule has 0 saturated carbocycles. The Morgan fingerprint density at radius 1 is 1.36 bits per heavy atom. The van der Waals surface area contributed by atoms with Crippen LogP contribution in [0.2, 0.25) is 5.02 Å². The first-order valence-corrected chi connectivity index (χ1v) is 9.35. The highest BCUT2D eigenvalue weighted by Gasteiger charge is 2.27. The minimum Gasteiger partial charge on any atom is -0.384 e. The summed E-state index contributed by atoms with van der Waals surface area (Å²) >= 11 is 5.93. The number of hydrogen-bond donors (Lipinski definition) is 2. The van der Waals surface area contributed by atoms with E-state index in [9.17, 15) is 8.42 Å². The number of halogens is 1. The van der Waals surface area contributed by atoms with Crippen molar-refractivity contribution < 1.29 is 17.7 Å². The average Bonchev–Trinajstić information content (AvgIpc) is 3.13. The van der Waals surface area contributed by atoms with Crippen LogP contribution in [0.4, 0.5) is 5.82 Å². The molecule has 0 atom stereocenters. The van der Waals surface area contributed by atoms with Crippen LogP contribution >= 0.6 is 11.6 Å². The van der Waals surface area contributed by atoms with Gasteiger partial charge in [0, 0.05) is 40.7 Å². The molecule has 134 valence electrons. The Balaban J connectivity index is 1.90. The molecule has 0 bridgehead atoms. The first kappa shape index (κ1) is 17.8. The Hall–Kier alpha value is -2.03. The van der Waals surface area contributed by atoms with Crippen molar-refractivity contribution in [3.05, 3.63) is 41.2 Å². The van der Waals surface area contributed by atoms with E-state index in [1.807, 2.05) is 13.8 Å². The summed E-state index contributed by atoms with van der Waals surface area (Å²) in [7, 11) is -2.24. The van der Waals surface area contributed by atoms with Gasteiger partial charge in [-0.15, -0.1) is 0 Å². The number of methoxy groups -OCH3 is 1. The van der Waals surface area contributed by atoms with Crippen molar-refractivity contribution in [3.63, 3.8) is 0 Å². The molecule has 7 nitrogen and oxygen atoms in total. The van der Waals surface area contributed by atoms with Gasteiger partial charge in [0.2, 0.25) is 0 Å². The standard InChI is InChI=1S/C16H18ClN3O4S/c1-16(2,9-23-3)14-7-15(19-24-14)20-25(21,22)13-8-18-12-6-10(17)4-5-11(12)13/h4-8,18H,9H2,1-3H3,(H,19,20). The summed E-state index contributed by atoms with van der Waals surface area (Å²) < 4.78 is 38.2. The van der Waals surface area contributed by atoms with Gasteiger partial charge < -0.3 is 14.2 Å². The molecule has 0 spiro atoms. The maximum atomic E-state index is 12.7.